The topological polar surface area (TPSA) is 61.1 Å². The van der Waals surface area contributed by atoms with E-state index in [4.69, 9.17) is 10.4 Å². The fraction of sp³-hybridized carbons (Fsp3) is 0.273. The van der Waals surface area contributed by atoms with Crippen LogP contribution in [0, 0.1) is 11.3 Å². The van der Waals surface area contributed by atoms with E-state index in [1.54, 1.807) is 25.1 Å². The minimum absolute atomic E-state index is 0.00594. The van der Waals surface area contributed by atoms with E-state index in [2.05, 4.69) is 6.07 Å². The van der Waals surface area contributed by atoms with Crippen molar-refractivity contribution < 1.29 is 9.90 Å². The van der Waals surface area contributed by atoms with Gasteiger partial charge in [0.15, 0.2) is 0 Å². The van der Waals surface area contributed by atoms with Gasteiger partial charge in [-0.2, -0.15) is 5.26 Å². The van der Waals surface area contributed by atoms with E-state index in [1.807, 2.05) is 6.07 Å². The molecule has 3 nitrogen and oxygen atoms in total. The molecule has 72 valence electrons. The molecule has 1 rings (SSSR count). The van der Waals surface area contributed by atoms with Crippen LogP contribution in [0.5, 0.6) is 0 Å². The van der Waals surface area contributed by atoms with Crippen LogP contribution >= 0.6 is 0 Å². The predicted octanol–water partition coefficient (Wildman–Crippen LogP) is 1.94. The molecule has 0 aliphatic heterocycles. The van der Waals surface area contributed by atoms with E-state index >= 15 is 0 Å². The number of hydrogen-bond acceptors (Lipinski definition) is 2. The van der Waals surface area contributed by atoms with Crippen molar-refractivity contribution in [2.24, 2.45) is 0 Å². The second-order valence-corrected chi connectivity index (χ2v) is 3.17. The summed E-state index contributed by atoms with van der Waals surface area (Å²) in [6.45, 7) is 1.79. The van der Waals surface area contributed by atoms with Gasteiger partial charge in [-0.1, -0.05) is 24.3 Å². The Balaban J connectivity index is 2.90. The maximum absolute atomic E-state index is 10.5. The zero-order chi connectivity index (χ0) is 10.6. The van der Waals surface area contributed by atoms with Gasteiger partial charge in [-0.3, -0.25) is 4.79 Å². The molecule has 0 radical (unpaired) electrons. The number of nitriles is 1. The molecule has 0 spiro atoms. The van der Waals surface area contributed by atoms with Crippen molar-refractivity contribution in [3.63, 3.8) is 0 Å². The van der Waals surface area contributed by atoms with E-state index in [0.717, 1.165) is 11.1 Å². The van der Waals surface area contributed by atoms with Gasteiger partial charge in [0.05, 0.1) is 18.4 Å². The molecule has 0 heterocycles. The lowest BCUT2D eigenvalue weighted by Crippen LogP contribution is -2.01. The van der Waals surface area contributed by atoms with E-state index in [9.17, 15) is 4.79 Å². The van der Waals surface area contributed by atoms with Gasteiger partial charge in [-0.05, 0) is 18.1 Å². The average Bonchev–Trinajstić information content (AvgIpc) is 2.16. The number of aliphatic carboxylic acids is 1. The van der Waals surface area contributed by atoms with Crippen LogP contribution in [0.3, 0.4) is 0 Å². The van der Waals surface area contributed by atoms with Crippen LogP contribution in [0.4, 0.5) is 0 Å². The highest BCUT2D eigenvalue weighted by atomic mass is 16.4. The number of carboxylic acids is 1. The first-order chi connectivity index (χ1) is 6.63. The average molecular weight is 189 g/mol. The molecule has 1 atom stereocenters. The third-order valence-electron chi connectivity index (χ3n) is 2.00. The lowest BCUT2D eigenvalue weighted by atomic mass is 9.99. The monoisotopic (exact) mass is 189 g/mol. The molecule has 0 saturated heterocycles. The van der Waals surface area contributed by atoms with Crippen LogP contribution in [0.2, 0.25) is 0 Å². The summed E-state index contributed by atoms with van der Waals surface area (Å²) >= 11 is 0. The maximum atomic E-state index is 10.5. The lowest BCUT2D eigenvalue weighted by molar-refractivity contribution is -0.136. The Morgan fingerprint density at radius 1 is 1.64 bits per heavy atom. The molecule has 1 unspecified atom stereocenters. The van der Waals surface area contributed by atoms with Crippen LogP contribution in [0.25, 0.3) is 0 Å². The van der Waals surface area contributed by atoms with Gasteiger partial charge >= 0.3 is 5.97 Å². The van der Waals surface area contributed by atoms with Gasteiger partial charge in [0, 0.05) is 0 Å². The van der Waals surface area contributed by atoms with Gasteiger partial charge < -0.3 is 5.11 Å². The summed E-state index contributed by atoms with van der Waals surface area (Å²) in [5, 5.41) is 17.3. The van der Waals surface area contributed by atoms with Crippen LogP contribution < -0.4 is 0 Å². The first kappa shape index (κ1) is 10.3. The summed E-state index contributed by atoms with van der Waals surface area (Å²) in [6, 6.07) is 9.24. The fourth-order valence-electron chi connectivity index (χ4n) is 1.22. The van der Waals surface area contributed by atoms with E-state index in [0.29, 0.717) is 0 Å². The summed E-state index contributed by atoms with van der Waals surface area (Å²) in [5.41, 5.74) is 1.60. The minimum Gasteiger partial charge on any atom is -0.481 e. The second kappa shape index (κ2) is 4.43. The predicted molar refractivity (Wildman–Crippen MR) is 51.8 cm³/mol. The summed E-state index contributed by atoms with van der Waals surface area (Å²) in [5.74, 6) is -1.05. The quantitative estimate of drug-likeness (QED) is 0.790. The van der Waals surface area contributed by atoms with Gasteiger partial charge in [0.1, 0.15) is 0 Å². The van der Waals surface area contributed by atoms with E-state index < -0.39 is 5.97 Å². The molecule has 0 fully saturated rings. The Morgan fingerprint density at radius 2 is 2.36 bits per heavy atom. The van der Waals surface area contributed by atoms with E-state index in [1.165, 1.54) is 0 Å². The zero-order valence-corrected chi connectivity index (χ0v) is 7.90. The fourth-order valence-corrected chi connectivity index (χ4v) is 1.22. The summed E-state index contributed by atoms with van der Waals surface area (Å²) < 4.78 is 0. The minimum atomic E-state index is -0.855. The molecule has 0 bridgehead atoms. The molecule has 0 aromatic heterocycles. The Labute approximate surface area is 82.6 Å². The summed E-state index contributed by atoms with van der Waals surface area (Å²) in [7, 11) is 0. The Kier molecular flexibility index (Phi) is 3.24. The van der Waals surface area contributed by atoms with Gasteiger partial charge in [0.2, 0.25) is 0 Å². The molecule has 3 heteroatoms. The zero-order valence-electron chi connectivity index (χ0n) is 7.90. The lowest BCUT2D eigenvalue weighted by Gasteiger charge is -2.04. The largest absolute Gasteiger partial charge is 0.481 e. The number of carboxylic acid groups (broad SMARTS) is 1. The summed E-state index contributed by atoms with van der Waals surface area (Å²) in [6.07, 6.45) is 0.00594. The van der Waals surface area contributed by atoms with E-state index in [-0.39, 0.29) is 12.3 Å². The van der Waals surface area contributed by atoms with Crippen molar-refractivity contribution in [3.05, 3.63) is 35.4 Å². The highest BCUT2D eigenvalue weighted by Crippen LogP contribution is 2.15. The van der Waals surface area contributed by atoms with Gasteiger partial charge in [0.25, 0.3) is 0 Å². The van der Waals surface area contributed by atoms with Gasteiger partial charge in [-0.25, -0.2) is 0 Å². The van der Waals surface area contributed by atoms with Crippen LogP contribution in [-0.2, 0) is 11.2 Å². The highest BCUT2D eigenvalue weighted by Gasteiger charge is 2.05. The second-order valence-electron chi connectivity index (χ2n) is 3.17. The van der Waals surface area contributed by atoms with Crippen molar-refractivity contribution in [1.82, 2.24) is 0 Å². The van der Waals surface area contributed by atoms with Crippen LogP contribution in [0.15, 0.2) is 24.3 Å². The molecular formula is C11H11NO2. The third-order valence-corrected chi connectivity index (χ3v) is 2.00. The standard InChI is InChI=1S/C11H11NO2/c1-8(7-12)10-4-2-3-9(5-10)6-11(13)14/h2-5,8H,6H2,1H3,(H,13,14). The third kappa shape index (κ3) is 2.60. The van der Waals surface area contributed by atoms with Gasteiger partial charge in [-0.15, -0.1) is 0 Å². The number of nitrogens with zero attached hydrogens (tertiary/aromatic N) is 1. The van der Waals surface area contributed by atoms with Crippen molar-refractivity contribution in [2.45, 2.75) is 19.3 Å². The molecule has 14 heavy (non-hydrogen) atoms. The SMILES string of the molecule is CC(C#N)c1cccc(CC(=O)O)c1. The molecule has 1 aromatic carbocycles. The Bertz CT molecular complexity index is 379. The smallest absolute Gasteiger partial charge is 0.307 e. The molecule has 0 aliphatic carbocycles. The molecule has 0 amide bonds. The number of hydrogen-bond donors (Lipinski definition) is 1. The van der Waals surface area contributed by atoms with Crippen molar-refractivity contribution in [1.29, 1.82) is 5.26 Å². The molecule has 0 aliphatic rings. The number of rotatable bonds is 3. The molecule has 1 aromatic rings. The maximum Gasteiger partial charge on any atom is 0.307 e. The molecule has 0 saturated carbocycles. The summed E-state index contributed by atoms with van der Waals surface area (Å²) in [4.78, 5) is 10.5. The Morgan fingerprint density at radius 3 is 2.93 bits per heavy atom. The first-order valence-corrected chi connectivity index (χ1v) is 4.33. The number of benzene rings is 1. The first-order valence-electron chi connectivity index (χ1n) is 4.33. The van der Waals surface area contributed by atoms with Crippen LogP contribution in [-0.4, -0.2) is 11.1 Å². The van der Waals surface area contributed by atoms with Crippen LogP contribution in [0.1, 0.15) is 24.0 Å². The number of carbonyl (C=O) groups is 1. The van der Waals surface area contributed by atoms with Crippen molar-refractivity contribution in [3.8, 4) is 6.07 Å². The molecule has 1 N–H and O–H groups in total. The highest BCUT2D eigenvalue weighted by molar-refractivity contribution is 5.70. The Hall–Kier alpha value is -1.82. The van der Waals surface area contributed by atoms with Crippen molar-refractivity contribution in [2.75, 3.05) is 0 Å². The molecular weight excluding hydrogens is 178 g/mol. The normalized spacial score (nSPS) is 11.7. The van der Waals surface area contributed by atoms with Crippen molar-refractivity contribution >= 4 is 5.97 Å².